The maximum absolute atomic E-state index is 12.6. The average molecular weight is 411 g/mol. The van der Waals surface area contributed by atoms with E-state index >= 15 is 0 Å². The Hall–Kier alpha value is -0.670. The van der Waals surface area contributed by atoms with Gasteiger partial charge in [0.05, 0.1) is 10.5 Å². The first kappa shape index (κ1) is 17.4. The monoisotopic (exact) mass is 411 g/mol. The third kappa shape index (κ3) is 3.32. The molecular formula is C13H18INO4S. The normalized spacial score (nSPS) is 12.7. The lowest BCUT2D eigenvalue weighted by atomic mass is 10.0. The number of carboxylic acid groups (broad SMARTS) is 1. The smallest absolute Gasteiger partial charge is 0.336 e. The molecule has 20 heavy (non-hydrogen) atoms. The van der Waals surface area contributed by atoms with Gasteiger partial charge in [0.1, 0.15) is 0 Å². The molecule has 0 saturated carbocycles. The molecule has 0 radical (unpaired) electrons. The summed E-state index contributed by atoms with van der Waals surface area (Å²) in [4.78, 5) is 11.1. The summed E-state index contributed by atoms with van der Waals surface area (Å²) < 4.78 is 26.9. The quantitative estimate of drug-likeness (QED) is 0.757. The van der Waals surface area contributed by atoms with E-state index in [0.717, 1.165) is 0 Å². The van der Waals surface area contributed by atoms with E-state index in [2.05, 4.69) is 0 Å². The van der Waals surface area contributed by atoms with Gasteiger partial charge in [-0.05, 0) is 61.1 Å². The molecule has 0 spiro atoms. The molecule has 0 aromatic heterocycles. The third-order valence-electron chi connectivity index (χ3n) is 3.54. The highest BCUT2D eigenvalue weighted by atomic mass is 127. The maximum atomic E-state index is 12.6. The lowest BCUT2D eigenvalue weighted by Gasteiger charge is -2.33. The fourth-order valence-corrected chi connectivity index (χ4v) is 3.70. The second-order valence-corrected chi connectivity index (χ2v) is 8.22. The second kappa shape index (κ2) is 5.98. The summed E-state index contributed by atoms with van der Waals surface area (Å²) in [7, 11) is -2.20. The van der Waals surface area contributed by atoms with Crippen LogP contribution in [0.2, 0.25) is 0 Å². The lowest BCUT2D eigenvalue weighted by molar-refractivity contribution is 0.0695. The highest BCUT2D eigenvalue weighted by Gasteiger charge is 2.33. The molecule has 0 saturated heterocycles. The van der Waals surface area contributed by atoms with Crippen LogP contribution in [0, 0.1) is 3.57 Å². The van der Waals surface area contributed by atoms with E-state index in [9.17, 15) is 13.2 Å². The first-order valence-electron chi connectivity index (χ1n) is 6.06. The van der Waals surface area contributed by atoms with Crippen molar-refractivity contribution in [1.82, 2.24) is 4.31 Å². The number of rotatable bonds is 5. The topological polar surface area (TPSA) is 74.7 Å². The number of carbonyl (C=O) groups is 1. The van der Waals surface area contributed by atoms with Gasteiger partial charge >= 0.3 is 5.97 Å². The van der Waals surface area contributed by atoms with Gasteiger partial charge in [0.15, 0.2) is 0 Å². The molecule has 0 aliphatic rings. The van der Waals surface area contributed by atoms with E-state index < -0.39 is 21.5 Å². The number of aromatic carboxylic acids is 1. The molecule has 0 unspecified atom stereocenters. The molecule has 0 heterocycles. The molecule has 1 aromatic carbocycles. The van der Waals surface area contributed by atoms with Crippen molar-refractivity contribution >= 4 is 38.6 Å². The van der Waals surface area contributed by atoms with Gasteiger partial charge in [-0.1, -0.05) is 6.92 Å². The number of hydrogen-bond acceptors (Lipinski definition) is 3. The van der Waals surface area contributed by atoms with Crippen LogP contribution >= 0.6 is 22.6 Å². The van der Waals surface area contributed by atoms with Crippen molar-refractivity contribution < 1.29 is 18.3 Å². The Labute approximate surface area is 133 Å². The molecule has 1 rings (SSSR count). The minimum atomic E-state index is -3.71. The van der Waals surface area contributed by atoms with Crippen LogP contribution in [0.5, 0.6) is 0 Å². The second-order valence-electron chi connectivity index (χ2n) is 5.09. The Morgan fingerprint density at radius 2 is 1.95 bits per heavy atom. The van der Waals surface area contributed by atoms with Crippen molar-refractivity contribution in [2.24, 2.45) is 0 Å². The third-order valence-corrected chi connectivity index (χ3v) is 6.55. The van der Waals surface area contributed by atoms with E-state index in [0.29, 0.717) is 9.99 Å². The maximum Gasteiger partial charge on any atom is 0.336 e. The zero-order valence-electron chi connectivity index (χ0n) is 11.8. The zero-order chi connectivity index (χ0) is 15.7. The van der Waals surface area contributed by atoms with Gasteiger partial charge in [0.25, 0.3) is 0 Å². The number of carboxylic acids is 1. The SMILES string of the molecule is CCC(C)(C)N(C)S(=O)(=O)c1ccc(I)c(C(=O)O)c1. The van der Waals surface area contributed by atoms with Crippen LogP contribution in [0.25, 0.3) is 0 Å². The molecule has 112 valence electrons. The van der Waals surface area contributed by atoms with Crippen molar-refractivity contribution in [3.05, 3.63) is 27.3 Å². The average Bonchev–Trinajstić information content (AvgIpc) is 2.37. The van der Waals surface area contributed by atoms with Crippen LogP contribution in [-0.2, 0) is 10.0 Å². The number of benzene rings is 1. The van der Waals surface area contributed by atoms with Gasteiger partial charge in [-0.2, -0.15) is 4.31 Å². The summed E-state index contributed by atoms with van der Waals surface area (Å²) >= 11 is 1.87. The van der Waals surface area contributed by atoms with Gasteiger partial charge in [0, 0.05) is 16.2 Å². The predicted molar refractivity (Wildman–Crippen MR) is 85.4 cm³/mol. The van der Waals surface area contributed by atoms with Crippen LogP contribution in [0.3, 0.4) is 0 Å². The van der Waals surface area contributed by atoms with Crippen molar-refractivity contribution in [3.63, 3.8) is 0 Å². The molecule has 0 aliphatic carbocycles. The Bertz CT molecular complexity index is 625. The highest BCUT2D eigenvalue weighted by Crippen LogP contribution is 2.26. The van der Waals surface area contributed by atoms with E-state index in [-0.39, 0.29) is 10.5 Å². The van der Waals surface area contributed by atoms with Crippen molar-refractivity contribution in [1.29, 1.82) is 0 Å². The largest absolute Gasteiger partial charge is 0.478 e. The molecule has 0 atom stereocenters. The van der Waals surface area contributed by atoms with Crippen molar-refractivity contribution in [2.45, 2.75) is 37.6 Å². The number of hydrogen-bond donors (Lipinski definition) is 1. The number of sulfonamides is 1. The highest BCUT2D eigenvalue weighted by molar-refractivity contribution is 14.1. The van der Waals surface area contributed by atoms with E-state index in [4.69, 9.17) is 5.11 Å². The van der Waals surface area contributed by atoms with Crippen molar-refractivity contribution in [2.75, 3.05) is 7.05 Å². The summed E-state index contributed by atoms with van der Waals surface area (Å²) in [5.41, 5.74) is -0.542. The Morgan fingerprint density at radius 1 is 1.40 bits per heavy atom. The van der Waals surface area contributed by atoms with Crippen LogP contribution in [0.4, 0.5) is 0 Å². The molecular weight excluding hydrogens is 393 g/mol. The van der Waals surface area contributed by atoms with Gasteiger partial charge < -0.3 is 5.11 Å². The number of halogens is 1. The zero-order valence-corrected chi connectivity index (χ0v) is 14.8. The van der Waals surface area contributed by atoms with Crippen LogP contribution in [-0.4, -0.2) is 36.4 Å². The van der Waals surface area contributed by atoms with E-state index in [1.54, 1.807) is 0 Å². The summed E-state index contributed by atoms with van der Waals surface area (Å²) in [6.45, 7) is 5.56. The molecule has 0 amide bonds. The minimum absolute atomic E-state index is 0.000610. The summed E-state index contributed by atoms with van der Waals surface area (Å²) in [5, 5.41) is 9.09. The Kier molecular flexibility index (Phi) is 5.20. The fourth-order valence-electron chi connectivity index (χ4n) is 1.53. The molecule has 5 nitrogen and oxygen atoms in total. The first-order chi connectivity index (χ1) is 9.04. The van der Waals surface area contributed by atoms with Gasteiger partial charge in [-0.25, -0.2) is 13.2 Å². The first-order valence-corrected chi connectivity index (χ1v) is 8.58. The van der Waals surface area contributed by atoms with Gasteiger partial charge in [-0.15, -0.1) is 0 Å². The molecule has 1 aromatic rings. The minimum Gasteiger partial charge on any atom is -0.478 e. The molecule has 0 bridgehead atoms. The van der Waals surface area contributed by atoms with Gasteiger partial charge in [0.2, 0.25) is 10.0 Å². The Balaban J connectivity index is 3.37. The summed E-state index contributed by atoms with van der Waals surface area (Å²) in [6, 6.07) is 4.15. The van der Waals surface area contributed by atoms with Gasteiger partial charge in [-0.3, -0.25) is 0 Å². The summed E-state index contributed by atoms with van der Waals surface area (Å²) in [6.07, 6.45) is 0.652. The standard InChI is InChI=1S/C13H18INO4S/c1-5-13(2,3)15(4)20(18,19)9-6-7-11(14)10(8-9)12(16)17/h6-8H,5H2,1-4H3,(H,16,17). The van der Waals surface area contributed by atoms with Crippen LogP contribution in [0.15, 0.2) is 23.1 Å². The molecule has 1 N–H and O–H groups in total. The van der Waals surface area contributed by atoms with E-state index in [1.165, 1.54) is 29.6 Å². The molecule has 0 fully saturated rings. The lowest BCUT2D eigenvalue weighted by Crippen LogP contribution is -2.44. The van der Waals surface area contributed by atoms with E-state index in [1.807, 2.05) is 43.4 Å². The van der Waals surface area contributed by atoms with Crippen LogP contribution in [0.1, 0.15) is 37.6 Å². The predicted octanol–water partition coefficient (Wildman–Crippen LogP) is 2.80. The molecule has 0 aliphatic heterocycles. The molecule has 7 heteroatoms. The van der Waals surface area contributed by atoms with Crippen molar-refractivity contribution in [3.8, 4) is 0 Å². The number of nitrogens with zero attached hydrogens (tertiary/aromatic N) is 1. The van der Waals surface area contributed by atoms with Crippen LogP contribution < -0.4 is 0 Å². The summed E-state index contributed by atoms with van der Waals surface area (Å²) in [5.74, 6) is -1.14. The fraction of sp³-hybridized carbons (Fsp3) is 0.462. The Morgan fingerprint density at radius 3 is 2.40 bits per heavy atom.